The molecule has 0 aliphatic heterocycles. The lowest BCUT2D eigenvalue weighted by atomic mass is 9.90. The number of benzene rings is 2. The molecule has 1 aliphatic rings. The van der Waals surface area contributed by atoms with Crippen molar-refractivity contribution in [2.75, 3.05) is 5.32 Å². The van der Waals surface area contributed by atoms with Crippen LogP contribution in [0.25, 0.3) is 11.1 Å². The van der Waals surface area contributed by atoms with E-state index in [1.807, 2.05) is 42.5 Å². The summed E-state index contributed by atoms with van der Waals surface area (Å²) in [6.45, 7) is 0. The van der Waals surface area contributed by atoms with Gasteiger partial charge in [0.25, 0.3) is 5.91 Å². The average molecular weight is 363 g/mol. The molecular weight excluding hydrogens is 342 g/mol. The van der Waals surface area contributed by atoms with Gasteiger partial charge < -0.3 is 0 Å². The Morgan fingerprint density at radius 1 is 0.885 bits per heavy atom. The fourth-order valence-electron chi connectivity index (χ4n) is 3.41. The van der Waals surface area contributed by atoms with Gasteiger partial charge in [0.1, 0.15) is 5.01 Å². The van der Waals surface area contributed by atoms with Crippen molar-refractivity contribution in [3.63, 3.8) is 0 Å². The summed E-state index contributed by atoms with van der Waals surface area (Å²) in [4.78, 5) is 12.5. The van der Waals surface area contributed by atoms with Crippen molar-refractivity contribution >= 4 is 22.4 Å². The maximum atomic E-state index is 12.5. The van der Waals surface area contributed by atoms with Gasteiger partial charge in [-0.3, -0.25) is 10.1 Å². The van der Waals surface area contributed by atoms with Crippen molar-refractivity contribution in [1.82, 2.24) is 10.2 Å². The average Bonchev–Trinajstić information content (AvgIpc) is 3.18. The minimum absolute atomic E-state index is 0.143. The molecule has 1 aliphatic carbocycles. The molecule has 4 nitrogen and oxygen atoms in total. The highest BCUT2D eigenvalue weighted by Crippen LogP contribution is 2.35. The summed E-state index contributed by atoms with van der Waals surface area (Å²) in [7, 11) is 0. The number of amides is 1. The Labute approximate surface area is 157 Å². The van der Waals surface area contributed by atoms with Crippen LogP contribution in [0.3, 0.4) is 0 Å². The van der Waals surface area contributed by atoms with Crippen LogP contribution < -0.4 is 5.32 Å². The Balaban J connectivity index is 1.42. The SMILES string of the molecule is O=C(Nc1nnc(C2CCCCC2)s1)c1ccc(-c2ccccc2)cc1. The van der Waals surface area contributed by atoms with Gasteiger partial charge in [-0.15, -0.1) is 10.2 Å². The molecule has 1 N–H and O–H groups in total. The highest BCUT2D eigenvalue weighted by molar-refractivity contribution is 7.15. The summed E-state index contributed by atoms with van der Waals surface area (Å²) in [5.41, 5.74) is 2.86. The Morgan fingerprint density at radius 3 is 2.31 bits per heavy atom. The van der Waals surface area contributed by atoms with Crippen LogP contribution in [0.15, 0.2) is 54.6 Å². The quantitative estimate of drug-likeness (QED) is 0.665. The molecule has 0 spiro atoms. The zero-order chi connectivity index (χ0) is 17.8. The number of anilines is 1. The zero-order valence-corrected chi connectivity index (χ0v) is 15.3. The lowest BCUT2D eigenvalue weighted by Gasteiger charge is -2.18. The number of hydrogen-bond acceptors (Lipinski definition) is 4. The van der Waals surface area contributed by atoms with Gasteiger partial charge in [0.05, 0.1) is 0 Å². The second kappa shape index (κ2) is 7.79. The Bertz CT molecular complexity index is 868. The van der Waals surface area contributed by atoms with E-state index in [9.17, 15) is 4.79 Å². The molecule has 0 atom stereocenters. The van der Waals surface area contributed by atoms with Crippen LogP contribution in [0.4, 0.5) is 5.13 Å². The molecule has 0 unspecified atom stereocenters. The predicted octanol–water partition coefficient (Wildman–Crippen LogP) is 5.51. The lowest BCUT2D eigenvalue weighted by molar-refractivity contribution is 0.102. The van der Waals surface area contributed by atoms with E-state index < -0.39 is 0 Å². The summed E-state index contributed by atoms with van der Waals surface area (Å²) in [5.74, 6) is 0.369. The first-order valence-corrected chi connectivity index (χ1v) is 9.91. The third-order valence-corrected chi connectivity index (χ3v) is 5.87. The summed E-state index contributed by atoms with van der Waals surface area (Å²) in [6, 6.07) is 17.8. The van der Waals surface area contributed by atoms with Crippen molar-refractivity contribution in [3.8, 4) is 11.1 Å². The van der Waals surface area contributed by atoms with Gasteiger partial charge in [0, 0.05) is 11.5 Å². The van der Waals surface area contributed by atoms with E-state index in [0.29, 0.717) is 16.6 Å². The van der Waals surface area contributed by atoms with Crippen LogP contribution in [0.1, 0.15) is 53.4 Å². The van der Waals surface area contributed by atoms with Gasteiger partial charge in [0.15, 0.2) is 0 Å². The normalized spacial score (nSPS) is 14.9. The largest absolute Gasteiger partial charge is 0.296 e. The fourth-order valence-corrected chi connectivity index (χ4v) is 4.32. The van der Waals surface area contributed by atoms with E-state index in [2.05, 4.69) is 27.6 Å². The maximum Gasteiger partial charge on any atom is 0.257 e. The molecule has 1 fully saturated rings. The summed E-state index contributed by atoms with van der Waals surface area (Å²) < 4.78 is 0. The zero-order valence-electron chi connectivity index (χ0n) is 14.5. The van der Waals surface area contributed by atoms with Crippen molar-refractivity contribution in [1.29, 1.82) is 0 Å². The first-order chi connectivity index (χ1) is 12.8. The van der Waals surface area contributed by atoms with E-state index in [1.54, 1.807) is 0 Å². The molecule has 132 valence electrons. The van der Waals surface area contributed by atoms with E-state index in [1.165, 1.54) is 43.4 Å². The maximum absolute atomic E-state index is 12.5. The molecule has 0 radical (unpaired) electrons. The fraction of sp³-hybridized carbons (Fsp3) is 0.286. The van der Waals surface area contributed by atoms with Crippen molar-refractivity contribution < 1.29 is 4.79 Å². The smallest absolute Gasteiger partial charge is 0.257 e. The van der Waals surface area contributed by atoms with Gasteiger partial charge in [-0.1, -0.05) is 73.1 Å². The highest BCUT2D eigenvalue weighted by Gasteiger charge is 2.20. The number of aromatic nitrogens is 2. The minimum atomic E-state index is -0.143. The van der Waals surface area contributed by atoms with Crippen LogP contribution in [0, 0.1) is 0 Å². The molecular formula is C21H21N3OS. The van der Waals surface area contributed by atoms with Crippen LogP contribution in [-0.2, 0) is 0 Å². The number of carbonyl (C=O) groups excluding carboxylic acids is 1. The van der Waals surface area contributed by atoms with E-state index in [-0.39, 0.29) is 5.91 Å². The van der Waals surface area contributed by atoms with Crippen molar-refractivity contribution in [2.24, 2.45) is 0 Å². The summed E-state index contributed by atoms with van der Waals surface area (Å²) >= 11 is 1.51. The van der Waals surface area contributed by atoms with Crippen molar-refractivity contribution in [2.45, 2.75) is 38.0 Å². The van der Waals surface area contributed by atoms with E-state index >= 15 is 0 Å². The van der Waals surface area contributed by atoms with Crippen LogP contribution in [0.2, 0.25) is 0 Å². The molecule has 1 aromatic heterocycles. The molecule has 2 aromatic carbocycles. The molecule has 1 amide bonds. The second-order valence-corrected chi connectivity index (χ2v) is 7.69. The van der Waals surface area contributed by atoms with Crippen LogP contribution in [-0.4, -0.2) is 16.1 Å². The van der Waals surface area contributed by atoms with Gasteiger partial charge >= 0.3 is 0 Å². The van der Waals surface area contributed by atoms with Crippen LogP contribution >= 0.6 is 11.3 Å². The monoisotopic (exact) mass is 363 g/mol. The number of rotatable bonds is 4. The number of nitrogens with zero attached hydrogens (tertiary/aromatic N) is 2. The summed E-state index contributed by atoms with van der Waals surface area (Å²) in [6.07, 6.45) is 6.21. The van der Waals surface area contributed by atoms with Gasteiger partial charge in [-0.25, -0.2) is 0 Å². The molecule has 1 saturated carbocycles. The van der Waals surface area contributed by atoms with E-state index in [0.717, 1.165) is 16.1 Å². The van der Waals surface area contributed by atoms with Gasteiger partial charge in [-0.2, -0.15) is 0 Å². The minimum Gasteiger partial charge on any atom is -0.296 e. The molecule has 3 aromatic rings. The Morgan fingerprint density at radius 2 is 1.58 bits per heavy atom. The number of carbonyl (C=O) groups is 1. The standard InChI is InChI=1S/C21H21N3OS/c25-19(17-13-11-16(12-14-17)15-7-3-1-4-8-15)22-21-24-23-20(26-21)18-9-5-2-6-10-18/h1,3-4,7-8,11-14,18H,2,5-6,9-10H2,(H,22,24,25). The lowest BCUT2D eigenvalue weighted by Crippen LogP contribution is -2.11. The molecule has 1 heterocycles. The number of hydrogen-bond donors (Lipinski definition) is 1. The molecule has 26 heavy (non-hydrogen) atoms. The van der Waals surface area contributed by atoms with Crippen molar-refractivity contribution in [3.05, 3.63) is 65.2 Å². The molecule has 0 saturated heterocycles. The molecule has 5 heteroatoms. The molecule has 0 bridgehead atoms. The third kappa shape index (κ3) is 3.83. The number of nitrogens with one attached hydrogen (secondary N) is 1. The summed E-state index contributed by atoms with van der Waals surface area (Å²) in [5, 5.41) is 13.0. The topological polar surface area (TPSA) is 54.9 Å². The second-order valence-electron chi connectivity index (χ2n) is 6.68. The van der Waals surface area contributed by atoms with Crippen LogP contribution in [0.5, 0.6) is 0 Å². The Kier molecular flexibility index (Phi) is 5.07. The first-order valence-electron chi connectivity index (χ1n) is 9.10. The Hall–Kier alpha value is -2.53. The molecule has 4 rings (SSSR count). The van der Waals surface area contributed by atoms with Gasteiger partial charge in [-0.05, 0) is 36.1 Å². The van der Waals surface area contributed by atoms with Gasteiger partial charge in [0.2, 0.25) is 5.13 Å². The first kappa shape index (κ1) is 16.9. The highest BCUT2D eigenvalue weighted by atomic mass is 32.1. The van der Waals surface area contributed by atoms with E-state index in [4.69, 9.17) is 0 Å². The predicted molar refractivity (Wildman–Crippen MR) is 106 cm³/mol. The third-order valence-electron chi connectivity index (χ3n) is 4.87.